The Morgan fingerprint density at radius 1 is 1.38 bits per heavy atom. The summed E-state index contributed by atoms with van der Waals surface area (Å²) in [5.41, 5.74) is 2.52. The minimum absolute atomic E-state index is 0.445. The van der Waals surface area contributed by atoms with Crippen LogP contribution in [-0.4, -0.2) is 23.1 Å². The van der Waals surface area contributed by atoms with Crippen molar-refractivity contribution in [2.45, 2.75) is 33.2 Å². The molecule has 1 rings (SSSR count). The predicted molar refractivity (Wildman–Crippen MR) is 67.2 cm³/mol. The largest absolute Gasteiger partial charge is 0.357 e. The Kier molecular flexibility index (Phi) is 4.49. The zero-order valence-electron chi connectivity index (χ0n) is 10.4. The van der Waals surface area contributed by atoms with E-state index in [1.807, 2.05) is 13.1 Å². The van der Waals surface area contributed by atoms with Gasteiger partial charge in [0.25, 0.3) is 0 Å². The predicted octanol–water partition coefficient (Wildman–Crippen LogP) is 1.63. The van der Waals surface area contributed by atoms with Crippen molar-refractivity contribution in [2.24, 2.45) is 11.8 Å². The summed E-state index contributed by atoms with van der Waals surface area (Å²) in [5, 5.41) is 0. The molecule has 0 amide bonds. The first kappa shape index (κ1) is 12.7. The van der Waals surface area contributed by atoms with Crippen LogP contribution in [-0.2, 0) is 0 Å². The third kappa shape index (κ3) is 3.34. The van der Waals surface area contributed by atoms with Crippen LogP contribution in [0.15, 0.2) is 12.4 Å². The number of nitrogens with zero attached hydrogens (tertiary/aromatic N) is 3. The van der Waals surface area contributed by atoms with Gasteiger partial charge in [-0.1, -0.05) is 13.8 Å². The van der Waals surface area contributed by atoms with Crippen molar-refractivity contribution in [3.8, 4) is 0 Å². The van der Waals surface area contributed by atoms with E-state index in [1.165, 1.54) is 6.33 Å². The van der Waals surface area contributed by atoms with E-state index >= 15 is 0 Å². The lowest BCUT2D eigenvalue weighted by molar-refractivity contribution is 0.502. The highest BCUT2D eigenvalue weighted by atomic mass is 15.3. The van der Waals surface area contributed by atoms with E-state index in [2.05, 4.69) is 41.1 Å². The van der Waals surface area contributed by atoms with Crippen LogP contribution in [0.2, 0.25) is 0 Å². The minimum atomic E-state index is 0.445. The molecular formula is C11H21N5. The Labute approximate surface area is 97.0 Å². The molecule has 5 heteroatoms. The van der Waals surface area contributed by atoms with Crippen molar-refractivity contribution in [1.29, 1.82) is 0 Å². The molecule has 0 aliphatic heterocycles. The normalized spacial score (nSPS) is 12.6. The summed E-state index contributed by atoms with van der Waals surface area (Å²) in [7, 11) is 2.04. The molecule has 1 atom stereocenters. The fourth-order valence-corrected chi connectivity index (χ4v) is 1.68. The highest BCUT2D eigenvalue weighted by Crippen LogP contribution is 2.18. The third-order valence-electron chi connectivity index (χ3n) is 2.64. The van der Waals surface area contributed by atoms with Crippen LogP contribution in [0.25, 0.3) is 0 Å². The molecule has 0 bridgehead atoms. The summed E-state index contributed by atoms with van der Waals surface area (Å²) < 4.78 is 0. The van der Waals surface area contributed by atoms with E-state index in [9.17, 15) is 0 Å². The first-order valence-electron chi connectivity index (χ1n) is 5.56. The molecule has 0 aliphatic carbocycles. The van der Waals surface area contributed by atoms with Crippen LogP contribution in [0.1, 0.15) is 27.2 Å². The molecule has 3 N–H and O–H groups in total. The van der Waals surface area contributed by atoms with Crippen molar-refractivity contribution in [3.05, 3.63) is 12.4 Å². The number of nitrogens with two attached hydrogens (primary N) is 1. The first-order valence-corrected chi connectivity index (χ1v) is 5.56. The number of anilines is 2. The number of rotatable bonds is 5. The van der Waals surface area contributed by atoms with Gasteiger partial charge >= 0.3 is 0 Å². The molecular weight excluding hydrogens is 202 g/mol. The Morgan fingerprint density at radius 3 is 2.62 bits per heavy atom. The van der Waals surface area contributed by atoms with Gasteiger partial charge in [-0.05, 0) is 19.3 Å². The van der Waals surface area contributed by atoms with Gasteiger partial charge in [-0.15, -0.1) is 0 Å². The minimum Gasteiger partial charge on any atom is -0.357 e. The van der Waals surface area contributed by atoms with E-state index in [-0.39, 0.29) is 0 Å². The molecule has 0 radical (unpaired) electrons. The zero-order valence-corrected chi connectivity index (χ0v) is 10.4. The number of hydrogen-bond acceptors (Lipinski definition) is 5. The second kappa shape index (κ2) is 5.65. The molecule has 0 saturated carbocycles. The Morgan fingerprint density at radius 2 is 2.06 bits per heavy atom. The average Bonchev–Trinajstić information content (AvgIpc) is 2.27. The van der Waals surface area contributed by atoms with E-state index in [1.54, 1.807) is 0 Å². The van der Waals surface area contributed by atoms with Gasteiger partial charge in [0.15, 0.2) is 0 Å². The van der Waals surface area contributed by atoms with Crippen LogP contribution in [0.3, 0.4) is 0 Å². The molecule has 0 aromatic carbocycles. The van der Waals surface area contributed by atoms with E-state index < -0.39 is 0 Å². The van der Waals surface area contributed by atoms with Gasteiger partial charge in [-0.3, -0.25) is 0 Å². The van der Waals surface area contributed by atoms with Crippen molar-refractivity contribution in [3.63, 3.8) is 0 Å². The summed E-state index contributed by atoms with van der Waals surface area (Å²) in [5.74, 6) is 7.51. The Hall–Kier alpha value is -1.36. The molecule has 0 aliphatic rings. The number of nitrogens with one attached hydrogen (secondary N) is 1. The summed E-state index contributed by atoms with van der Waals surface area (Å²) in [6, 6.07) is 2.29. The lowest BCUT2D eigenvalue weighted by atomic mass is 10.0. The summed E-state index contributed by atoms with van der Waals surface area (Å²) in [6.45, 7) is 6.63. The average molecular weight is 223 g/mol. The van der Waals surface area contributed by atoms with Gasteiger partial charge in [0.1, 0.15) is 18.0 Å². The SMILES string of the molecule is CC(C)CC(C)N(C)c1cc(NN)ncn1. The van der Waals surface area contributed by atoms with Crippen LogP contribution in [0, 0.1) is 5.92 Å². The van der Waals surface area contributed by atoms with E-state index in [0.717, 1.165) is 12.2 Å². The number of aromatic nitrogens is 2. The van der Waals surface area contributed by atoms with Gasteiger partial charge in [0.05, 0.1) is 0 Å². The van der Waals surface area contributed by atoms with Gasteiger partial charge in [-0.2, -0.15) is 0 Å². The maximum Gasteiger partial charge on any atom is 0.145 e. The Bertz CT molecular complexity index is 326. The van der Waals surface area contributed by atoms with Crippen LogP contribution in [0.4, 0.5) is 11.6 Å². The van der Waals surface area contributed by atoms with Gasteiger partial charge in [0, 0.05) is 19.2 Å². The lowest BCUT2D eigenvalue weighted by Gasteiger charge is -2.27. The van der Waals surface area contributed by atoms with E-state index in [4.69, 9.17) is 5.84 Å². The first-order chi connectivity index (χ1) is 7.54. The summed E-state index contributed by atoms with van der Waals surface area (Å²) >= 11 is 0. The van der Waals surface area contributed by atoms with Gasteiger partial charge < -0.3 is 10.3 Å². The fourth-order valence-electron chi connectivity index (χ4n) is 1.68. The molecule has 0 saturated heterocycles. The number of hydrogen-bond donors (Lipinski definition) is 2. The van der Waals surface area contributed by atoms with Crippen molar-refractivity contribution in [2.75, 3.05) is 17.4 Å². The lowest BCUT2D eigenvalue weighted by Crippen LogP contribution is -2.30. The smallest absolute Gasteiger partial charge is 0.145 e. The third-order valence-corrected chi connectivity index (χ3v) is 2.64. The van der Waals surface area contributed by atoms with Crippen LogP contribution in [0.5, 0.6) is 0 Å². The zero-order chi connectivity index (χ0) is 12.1. The molecule has 0 fully saturated rings. The topological polar surface area (TPSA) is 67.1 Å². The molecule has 1 unspecified atom stereocenters. The highest BCUT2D eigenvalue weighted by molar-refractivity contribution is 5.47. The summed E-state index contributed by atoms with van der Waals surface area (Å²) in [6.07, 6.45) is 2.65. The fraction of sp³-hybridized carbons (Fsp3) is 0.636. The van der Waals surface area contributed by atoms with E-state index in [0.29, 0.717) is 17.8 Å². The van der Waals surface area contributed by atoms with Crippen LogP contribution < -0.4 is 16.2 Å². The van der Waals surface area contributed by atoms with Crippen molar-refractivity contribution < 1.29 is 0 Å². The maximum atomic E-state index is 5.32. The maximum absolute atomic E-state index is 5.32. The van der Waals surface area contributed by atoms with Gasteiger partial charge in [-0.25, -0.2) is 15.8 Å². The summed E-state index contributed by atoms with van der Waals surface area (Å²) in [4.78, 5) is 10.4. The molecule has 1 aromatic heterocycles. The highest BCUT2D eigenvalue weighted by Gasteiger charge is 2.13. The Balaban J connectivity index is 2.74. The molecule has 1 aromatic rings. The molecule has 90 valence electrons. The second-order valence-corrected chi connectivity index (χ2v) is 4.50. The molecule has 16 heavy (non-hydrogen) atoms. The monoisotopic (exact) mass is 223 g/mol. The molecule has 1 heterocycles. The molecule has 5 nitrogen and oxygen atoms in total. The standard InChI is InChI=1S/C11H21N5/c1-8(2)5-9(3)16(4)11-6-10(15-12)13-7-14-11/h6-9H,5,12H2,1-4H3,(H,13,14,15). The van der Waals surface area contributed by atoms with Crippen LogP contribution >= 0.6 is 0 Å². The van der Waals surface area contributed by atoms with Crippen molar-refractivity contribution in [1.82, 2.24) is 9.97 Å². The quantitative estimate of drug-likeness (QED) is 0.586. The molecule has 0 spiro atoms. The van der Waals surface area contributed by atoms with Gasteiger partial charge in [0.2, 0.25) is 0 Å². The number of nitrogen functional groups attached to an aromatic ring is 1. The number of hydrazine groups is 1. The van der Waals surface area contributed by atoms with Crippen molar-refractivity contribution >= 4 is 11.6 Å². The second-order valence-electron chi connectivity index (χ2n) is 4.50.